The van der Waals surface area contributed by atoms with Crippen molar-refractivity contribution in [3.8, 4) is 0 Å². The van der Waals surface area contributed by atoms with Crippen LogP contribution in [0.3, 0.4) is 0 Å². The molecule has 190 valence electrons. The number of aromatic nitrogens is 2. The number of Topliss-reactive ketones (excluding diaryl/α,β-unsaturated/α-hetero) is 1. The molecule has 2 saturated carbocycles. The maximum atomic E-state index is 12.6. The topological polar surface area (TPSA) is 84.7 Å². The molecule has 1 amide bonds. The second kappa shape index (κ2) is 9.92. The Morgan fingerprint density at radius 1 is 1.09 bits per heavy atom. The predicted octanol–water partition coefficient (Wildman–Crippen LogP) is 5.88. The van der Waals surface area contributed by atoms with Crippen molar-refractivity contribution in [2.24, 2.45) is 11.8 Å². The Labute approximate surface area is 207 Å². The van der Waals surface area contributed by atoms with Crippen molar-refractivity contribution in [1.29, 1.82) is 0 Å². The summed E-state index contributed by atoms with van der Waals surface area (Å²) in [7, 11) is 1.42. The summed E-state index contributed by atoms with van der Waals surface area (Å²) in [5, 5.41) is 11.6. The van der Waals surface area contributed by atoms with Gasteiger partial charge < -0.3 is 14.4 Å². The number of aryl methyl sites for hydroxylation is 1. The van der Waals surface area contributed by atoms with Gasteiger partial charge >= 0.3 is 6.09 Å². The molecule has 2 aliphatic carbocycles. The van der Waals surface area contributed by atoms with Gasteiger partial charge in [-0.2, -0.15) is 0 Å². The van der Waals surface area contributed by atoms with Gasteiger partial charge in [0.2, 0.25) is 0 Å². The van der Waals surface area contributed by atoms with Crippen LogP contribution in [0.5, 0.6) is 0 Å². The molecule has 1 aromatic heterocycles. The van der Waals surface area contributed by atoms with E-state index in [9.17, 15) is 14.7 Å². The number of ether oxygens (including phenoxy) is 1. The first kappa shape index (κ1) is 24.3. The highest BCUT2D eigenvalue weighted by Gasteiger charge is 2.36. The summed E-state index contributed by atoms with van der Waals surface area (Å²) in [6.45, 7) is 3.75. The second-order valence-corrected chi connectivity index (χ2v) is 11.0. The number of anilines is 1. The monoisotopic (exact) mass is 481 g/mol. The SMILES string of the molecule is COC(=O)N1c2ccc3c(nc([C@H](O)C4CCCCC4)n3[C@@H]3CCC[C@@H](C(C)=O)C3)c2CC[C@@H]1C. The fraction of sp³-hybridized carbons (Fsp3) is 0.679. The maximum Gasteiger partial charge on any atom is 0.414 e. The molecule has 4 atom stereocenters. The van der Waals surface area contributed by atoms with Gasteiger partial charge in [0, 0.05) is 23.6 Å². The summed E-state index contributed by atoms with van der Waals surface area (Å²) in [6.07, 6.45) is 10.0. The van der Waals surface area contributed by atoms with E-state index in [1.807, 2.05) is 13.0 Å². The van der Waals surface area contributed by atoms with Crippen LogP contribution >= 0.6 is 0 Å². The van der Waals surface area contributed by atoms with Gasteiger partial charge in [-0.3, -0.25) is 9.69 Å². The molecule has 0 radical (unpaired) electrons. The molecule has 35 heavy (non-hydrogen) atoms. The molecular formula is C28H39N3O4. The lowest BCUT2D eigenvalue weighted by Crippen LogP contribution is -2.42. The molecule has 0 spiro atoms. The van der Waals surface area contributed by atoms with Crippen molar-refractivity contribution in [2.45, 2.75) is 103 Å². The first-order valence-electron chi connectivity index (χ1n) is 13.5. The van der Waals surface area contributed by atoms with Crippen LogP contribution in [0.4, 0.5) is 10.5 Å². The molecule has 1 N–H and O–H groups in total. The minimum absolute atomic E-state index is 0.0523. The van der Waals surface area contributed by atoms with E-state index < -0.39 is 6.10 Å². The normalized spacial score (nSPS) is 26.4. The molecule has 1 aromatic carbocycles. The van der Waals surface area contributed by atoms with Gasteiger partial charge in [0.25, 0.3) is 0 Å². The third kappa shape index (κ3) is 4.37. The van der Waals surface area contributed by atoms with E-state index in [-0.39, 0.29) is 35.8 Å². The summed E-state index contributed by atoms with van der Waals surface area (Å²) >= 11 is 0. The van der Waals surface area contributed by atoms with Crippen molar-refractivity contribution >= 4 is 28.6 Å². The largest absolute Gasteiger partial charge is 0.452 e. The van der Waals surface area contributed by atoms with Gasteiger partial charge in [0.1, 0.15) is 17.7 Å². The number of fused-ring (bicyclic) bond motifs is 3. The van der Waals surface area contributed by atoms with Gasteiger partial charge in [-0.15, -0.1) is 0 Å². The van der Waals surface area contributed by atoms with Gasteiger partial charge in [-0.25, -0.2) is 9.78 Å². The number of hydrogen-bond donors (Lipinski definition) is 1. The minimum atomic E-state index is -0.615. The lowest BCUT2D eigenvalue weighted by molar-refractivity contribution is -0.122. The highest BCUT2D eigenvalue weighted by molar-refractivity contribution is 5.95. The fourth-order valence-electron chi connectivity index (χ4n) is 6.81. The third-order valence-electron chi connectivity index (χ3n) is 8.80. The molecule has 2 heterocycles. The molecule has 3 aliphatic rings. The average molecular weight is 482 g/mol. The molecule has 0 saturated heterocycles. The summed E-state index contributed by atoms with van der Waals surface area (Å²) in [6, 6.07) is 4.28. The Morgan fingerprint density at radius 2 is 1.86 bits per heavy atom. The smallest absolute Gasteiger partial charge is 0.414 e. The predicted molar refractivity (Wildman–Crippen MR) is 136 cm³/mol. The molecule has 2 fully saturated rings. The quantitative estimate of drug-likeness (QED) is 0.590. The van der Waals surface area contributed by atoms with E-state index in [1.165, 1.54) is 13.5 Å². The number of imidazole rings is 1. The van der Waals surface area contributed by atoms with Crippen molar-refractivity contribution < 1.29 is 19.4 Å². The zero-order valence-electron chi connectivity index (χ0n) is 21.3. The van der Waals surface area contributed by atoms with E-state index >= 15 is 0 Å². The lowest BCUT2D eigenvalue weighted by Gasteiger charge is -2.34. The molecule has 2 aromatic rings. The van der Waals surface area contributed by atoms with Crippen LogP contribution in [0.1, 0.15) is 102 Å². The Bertz CT molecular complexity index is 1100. The fourth-order valence-corrected chi connectivity index (χ4v) is 6.81. The van der Waals surface area contributed by atoms with E-state index in [0.29, 0.717) is 0 Å². The third-order valence-corrected chi connectivity index (χ3v) is 8.80. The van der Waals surface area contributed by atoms with Gasteiger partial charge in [0.05, 0.1) is 23.8 Å². The number of ketones is 1. The van der Waals surface area contributed by atoms with Crippen LogP contribution in [0.15, 0.2) is 12.1 Å². The standard InChI is InChI=1S/C28H39N3O4/c1-17-12-13-22-23(30(17)28(34)35-3)14-15-24-25(22)29-27(26(33)19-8-5-4-6-9-19)31(24)21-11-7-10-20(16-21)18(2)32/h14-15,17,19-21,26,33H,4-13,16H2,1-3H3/t17-,20+,21+,26+/m0/s1. The Kier molecular flexibility index (Phi) is 6.88. The molecule has 0 unspecified atom stereocenters. The van der Waals surface area contributed by atoms with E-state index in [1.54, 1.807) is 11.8 Å². The zero-order chi connectivity index (χ0) is 24.7. The molecule has 7 heteroatoms. The number of aliphatic hydroxyl groups excluding tert-OH is 1. The van der Waals surface area contributed by atoms with Crippen LogP contribution in [-0.2, 0) is 16.0 Å². The van der Waals surface area contributed by atoms with Crippen molar-refractivity contribution in [2.75, 3.05) is 12.0 Å². The van der Waals surface area contributed by atoms with E-state index in [2.05, 4.69) is 10.6 Å². The number of amides is 1. The van der Waals surface area contributed by atoms with Crippen LogP contribution in [0.25, 0.3) is 11.0 Å². The summed E-state index contributed by atoms with van der Waals surface area (Å²) in [5.41, 5.74) is 3.82. The lowest BCUT2D eigenvalue weighted by atomic mass is 9.82. The zero-order valence-corrected chi connectivity index (χ0v) is 21.3. The van der Waals surface area contributed by atoms with Crippen molar-refractivity contribution in [1.82, 2.24) is 9.55 Å². The van der Waals surface area contributed by atoms with Crippen molar-refractivity contribution in [3.63, 3.8) is 0 Å². The Hall–Kier alpha value is -2.41. The molecule has 7 nitrogen and oxygen atoms in total. The van der Waals surface area contributed by atoms with Gasteiger partial charge in [-0.1, -0.05) is 25.7 Å². The average Bonchev–Trinajstić information content (AvgIpc) is 3.28. The second-order valence-electron chi connectivity index (χ2n) is 11.0. The first-order valence-corrected chi connectivity index (χ1v) is 13.5. The van der Waals surface area contributed by atoms with Gasteiger partial charge in [-0.05, 0) is 76.8 Å². The first-order chi connectivity index (χ1) is 16.9. The van der Waals surface area contributed by atoms with E-state index in [0.717, 1.165) is 92.3 Å². The maximum absolute atomic E-state index is 12.6. The molecule has 0 bridgehead atoms. The number of benzene rings is 1. The number of nitrogens with zero attached hydrogens (tertiary/aromatic N) is 3. The Balaban J connectivity index is 1.64. The Morgan fingerprint density at radius 3 is 2.57 bits per heavy atom. The number of hydrogen-bond acceptors (Lipinski definition) is 5. The summed E-state index contributed by atoms with van der Waals surface area (Å²) < 4.78 is 7.36. The van der Waals surface area contributed by atoms with Crippen LogP contribution in [0.2, 0.25) is 0 Å². The summed E-state index contributed by atoms with van der Waals surface area (Å²) in [5.74, 6) is 1.29. The number of carbonyl (C=O) groups excluding carboxylic acids is 2. The minimum Gasteiger partial charge on any atom is -0.452 e. The molecular weight excluding hydrogens is 442 g/mol. The van der Waals surface area contributed by atoms with E-state index in [4.69, 9.17) is 9.72 Å². The number of aliphatic hydroxyl groups is 1. The number of methoxy groups -OCH3 is 1. The molecule has 1 aliphatic heterocycles. The van der Waals surface area contributed by atoms with Crippen LogP contribution < -0.4 is 4.90 Å². The number of carbonyl (C=O) groups is 2. The number of rotatable bonds is 4. The highest BCUT2D eigenvalue weighted by Crippen LogP contribution is 2.43. The highest BCUT2D eigenvalue weighted by atomic mass is 16.5. The van der Waals surface area contributed by atoms with Crippen LogP contribution in [0, 0.1) is 11.8 Å². The van der Waals surface area contributed by atoms with Crippen LogP contribution in [-0.4, -0.2) is 39.7 Å². The summed E-state index contributed by atoms with van der Waals surface area (Å²) in [4.78, 5) is 31.8. The van der Waals surface area contributed by atoms with Crippen molar-refractivity contribution in [3.05, 3.63) is 23.5 Å². The van der Waals surface area contributed by atoms with Gasteiger partial charge in [0.15, 0.2) is 0 Å². The molecule has 5 rings (SSSR count).